The van der Waals surface area contributed by atoms with Gasteiger partial charge in [-0.3, -0.25) is 31.6 Å². The first-order chi connectivity index (χ1) is 15.8. The van der Waals surface area contributed by atoms with Gasteiger partial charge in [-0.25, -0.2) is 0 Å². The minimum absolute atomic E-state index is 0.0208. The number of aliphatic imine (C=N–C) groups is 1. The van der Waals surface area contributed by atoms with Crippen molar-refractivity contribution >= 4 is 23.0 Å². The molecule has 0 bridgehead atoms. The molecule has 9 heteroatoms. The van der Waals surface area contributed by atoms with E-state index in [0.29, 0.717) is 28.6 Å². The van der Waals surface area contributed by atoms with E-state index < -0.39 is 5.79 Å². The number of carbonyl (C=O) groups is 1. The minimum Gasteiger partial charge on any atom is -0.347 e. The number of anilines is 1. The number of allylic oxidation sites excluding steroid dienone is 1. The molecular weight excluding hydrogens is 416 g/mol. The van der Waals surface area contributed by atoms with Crippen molar-refractivity contribution < 1.29 is 4.79 Å². The lowest BCUT2D eigenvalue weighted by atomic mass is 10.1. The summed E-state index contributed by atoms with van der Waals surface area (Å²) in [6.07, 6.45) is 2.83. The smallest absolute Gasteiger partial charge is 0.229 e. The Morgan fingerprint density at radius 3 is 2.55 bits per heavy atom. The van der Waals surface area contributed by atoms with Crippen molar-refractivity contribution in [2.75, 3.05) is 11.9 Å². The largest absolute Gasteiger partial charge is 0.347 e. The number of nitrogens with zero attached hydrogens (tertiary/aromatic N) is 4. The van der Waals surface area contributed by atoms with E-state index in [-0.39, 0.29) is 18.4 Å². The Labute approximate surface area is 192 Å². The van der Waals surface area contributed by atoms with Crippen LogP contribution in [0, 0.1) is 0 Å². The highest BCUT2D eigenvalue weighted by Gasteiger charge is 2.27. The van der Waals surface area contributed by atoms with E-state index in [2.05, 4.69) is 27.4 Å². The van der Waals surface area contributed by atoms with Crippen molar-refractivity contribution in [1.29, 1.82) is 0 Å². The monoisotopic (exact) mass is 444 g/mol. The molecule has 0 amide bonds. The third-order valence-corrected chi connectivity index (χ3v) is 5.50. The Morgan fingerprint density at radius 2 is 1.85 bits per heavy atom. The molecule has 0 radical (unpaired) electrons. The zero-order chi connectivity index (χ0) is 23.6. The van der Waals surface area contributed by atoms with Crippen LogP contribution in [-0.2, 0) is 5.79 Å². The van der Waals surface area contributed by atoms with Gasteiger partial charge in [0.25, 0.3) is 0 Å². The highest BCUT2D eigenvalue weighted by Crippen LogP contribution is 2.31. The second kappa shape index (κ2) is 9.07. The summed E-state index contributed by atoms with van der Waals surface area (Å²) in [5.41, 5.74) is 21.5. The summed E-state index contributed by atoms with van der Waals surface area (Å²) in [5, 5.41) is 11.9. The lowest BCUT2D eigenvalue weighted by molar-refractivity contribution is 0.101. The Bertz CT molecular complexity index is 1220. The maximum Gasteiger partial charge on any atom is 0.229 e. The second-order valence-electron chi connectivity index (χ2n) is 8.10. The maximum absolute atomic E-state index is 12.7. The molecule has 1 aromatic heterocycles. The number of Topliss-reactive ketones (excluding diaryl/α,β-unsaturated/α-hetero) is 1. The van der Waals surface area contributed by atoms with Gasteiger partial charge in [0.2, 0.25) is 5.95 Å². The molecular formula is C24H28N8O. The van der Waals surface area contributed by atoms with Crippen molar-refractivity contribution in [3.8, 4) is 5.69 Å². The topological polar surface area (TPSA) is 150 Å². The van der Waals surface area contributed by atoms with Crippen LogP contribution in [0.5, 0.6) is 0 Å². The van der Waals surface area contributed by atoms with Crippen LogP contribution < -0.4 is 22.5 Å². The lowest BCUT2D eigenvalue weighted by Crippen LogP contribution is -2.54. The first-order valence-electron chi connectivity index (χ1n) is 10.8. The number of hydrogen-bond acceptors (Lipinski definition) is 8. The Balaban J connectivity index is 1.74. The van der Waals surface area contributed by atoms with Gasteiger partial charge in [0.1, 0.15) is 5.79 Å². The van der Waals surface area contributed by atoms with Crippen LogP contribution in [0.15, 0.2) is 65.7 Å². The van der Waals surface area contributed by atoms with Gasteiger partial charge in [-0.05, 0) is 31.6 Å². The molecule has 2 heterocycles. The predicted molar refractivity (Wildman–Crippen MR) is 130 cm³/mol. The van der Waals surface area contributed by atoms with Crippen molar-refractivity contribution in [1.82, 2.24) is 14.8 Å². The molecule has 1 aliphatic rings. The van der Waals surface area contributed by atoms with Gasteiger partial charge in [-0.2, -0.15) is 0 Å². The van der Waals surface area contributed by atoms with Crippen LogP contribution in [0.4, 0.5) is 5.95 Å². The average Bonchev–Trinajstić information content (AvgIpc) is 3.40. The van der Waals surface area contributed by atoms with Gasteiger partial charge in [-0.1, -0.05) is 49.4 Å². The summed E-state index contributed by atoms with van der Waals surface area (Å²) >= 11 is 0. The molecule has 1 atom stereocenters. The van der Waals surface area contributed by atoms with E-state index in [1.54, 1.807) is 24.3 Å². The summed E-state index contributed by atoms with van der Waals surface area (Å²) in [5.74, 6) is -0.510. The standard InChI is InChI=1S/C24H28N8O/c1-3-20-19(12-15(2)29-20)22-30-31-23(28-14-21(33)16-8-5-4-6-9-16)32(22)18-11-7-10-17(13-18)24(25,26)27/h4-13,20H,3,14,25-27H2,1-2H3,(H,28,31). The van der Waals surface area contributed by atoms with E-state index in [4.69, 9.17) is 17.2 Å². The first kappa shape index (κ1) is 22.5. The van der Waals surface area contributed by atoms with E-state index >= 15 is 0 Å². The molecule has 1 aliphatic heterocycles. The lowest BCUT2D eigenvalue weighted by Gasteiger charge is -2.21. The molecule has 1 unspecified atom stereocenters. The third kappa shape index (κ3) is 4.75. The SMILES string of the molecule is CCC1N=C(C)C=C1c1nnc(NCC(=O)c2ccccc2)n1-c1cccc(C(N)(N)N)c1. The van der Waals surface area contributed by atoms with Crippen LogP contribution in [0.3, 0.4) is 0 Å². The number of nitrogens with one attached hydrogen (secondary N) is 1. The van der Waals surface area contributed by atoms with Crippen LogP contribution in [0.1, 0.15) is 42.0 Å². The molecule has 0 aliphatic carbocycles. The fourth-order valence-corrected chi connectivity index (χ4v) is 3.83. The van der Waals surface area contributed by atoms with Crippen LogP contribution in [-0.4, -0.2) is 38.8 Å². The van der Waals surface area contributed by atoms with Crippen LogP contribution >= 0.6 is 0 Å². The number of ketones is 1. The molecule has 0 saturated carbocycles. The molecule has 3 aromatic rings. The molecule has 9 nitrogen and oxygen atoms in total. The number of benzene rings is 2. The number of nitrogens with two attached hydrogens (primary N) is 3. The van der Waals surface area contributed by atoms with Gasteiger partial charge >= 0.3 is 0 Å². The number of carbonyl (C=O) groups excluding carboxylic acids is 1. The number of aromatic nitrogens is 3. The molecule has 2 aromatic carbocycles. The van der Waals surface area contributed by atoms with Gasteiger partial charge in [0.15, 0.2) is 11.6 Å². The second-order valence-corrected chi connectivity index (χ2v) is 8.10. The molecule has 170 valence electrons. The van der Waals surface area contributed by atoms with Gasteiger partial charge in [-0.15, -0.1) is 10.2 Å². The van der Waals surface area contributed by atoms with Crippen molar-refractivity contribution in [2.45, 2.75) is 32.1 Å². The Morgan fingerprint density at radius 1 is 1.09 bits per heavy atom. The van der Waals surface area contributed by atoms with E-state index in [1.807, 2.05) is 47.9 Å². The average molecular weight is 445 g/mol. The van der Waals surface area contributed by atoms with Crippen molar-refractivity contribution in [3.05, 3.63) is 77.6 Å². The summed E-state index contributed by atoms with van der Waals surface area (Å²) in [7, 11) is 0. The minimum atomic E-state index is -1.50. The normalized spacial score (nSPS) is 15.8. The summed E-state index contributed by atoms with van der Waals surface area (Å²) < 4.78 is 1.84. The molecule has 0 spiro atoms. The van der Waals surface area contributed by atoms with Crippen molar-refractivity contribution in [2.24, 2.45) is 22.2 Å². The van der Waals surface area contributed by atoms with Gasteiger partial charge in [0, 0.05) is 22.4 Å². The molecule has 0 saturated heterocycles. The molecule has 0 fully saturated rings. The van der Waals surface area contributed by atoms with Gasteiger partial charge in [0.05, 0.1) is 18.3 Å². The van der Waals surface area contributed by atoms with Crippen molar-refractivity contribution in [3.63, 3.8) is 0 Å². The Hall–Kier alpha value is -3.66. The molecule has 7 N–H and O–H groups in total. The van der Waals surface area contributed by atoms with E-state index in [0.717, 1.165) is 17.7 Å². The fourth-order valence-electron chi connectivity index (χ4n) is 3.83. The predicted octanol–water partition coefficient (Wildman–Crippen LogP) is 2.18. The van der Waals surface area contributed by atoms with Crippen LogP contribution in [0.25, 0.3) is 11.3 Å². The highest BCUT2D eigenvalue weighted by atomic mass is 16.1. The summed E-state index contributed by atoms with van der Waals surface area (Å²) in [4.78, 5) is 17.3. The fraction of sp³-hybridized carbons (Fsp3) is 0.250. The van der Waals surface area contributed by atoms with E-state index in [9.17, 15) is 4.79 Å². The quantitative estimate of drug-likeness (QED) is 0.307. The third-order valence-electron chi connectivity index (χ3n) is 5.50. The molecule has 33 heavy (non-hydrogen) atoms. The number of hydrogen-bond donors (Lipinski definition) is 4. The summed E-state index contributed by atoms with van der Waals surface area (Å²) in [6, 6.07) is 16.3. The van der Waals surface area contributed by atoms with Crippen LogP contribution in [0.2, 0.25) is 0 Å². The Kier molecular flexibility index (Phi) is 6.19. The first-order valence-corrected chi connectivity index (χ1v) is 10.8. The van der Waals surface area contributed by atoms with Gasteiger partial charge < -0.3 is 5.32 Å². The molecule has 4 rings (SSSR count). The number of rotatable bonds is 8. The zero-order valence-electron chi connectivity index (χ0n) is 18.7. The summed E-state index contributed by atoms with van der Waals surface area (Å²) in [6.45, 7) is 4.09. The zero-order valence-corrected chi connectivity index (χ0v) is 18.7. The van der Waals surface area contributed by atoms with E-state index in [1.165, 1.54) is 0 Å². The maximum atomic E-state index is 12.7. The highest BCUT2D eigenvalue weighted by molar-refractivity contribution is 6.03.